The van der Waals surface area contributed by atoms with Crippen molar-refractivity contribution in [2.24, 2.45) is 0 Å². The van der Waals surface area contributed by atoms with Crippen molar-refractivity contribution in [1.82, 2.24) is 9.55 Å². The van der Waals surface area contributed by atoms with E-state index >= 15 is 0 Å². The van der Waals surface area contributed by atoms with Crippen LogP contribution in [0.5, 0.6) is 0 Å². The van der Waals surface area contributed by atoms with Gasteiger partial charge >= 0.3 is 5.69 Å². The molecule has 1 saturated heterocycles. The molecule has 0 bridgehead atoms. The fourth-order valence-corrected chi connectivity index (χ4v) is 11.7. The van der Waals surface area contributed by atoms with Gasteiger partial charge in [-0.05, 0) is 16.6 Å². The lowest BCUT2D eigenvalue weighted by molar-refractivity contribution is 0.0818. The molecule has 0 saturated carbocycles. The van der Waals surface area contributed by atoms with E-state index in [9.17, 15) is 14.0 Å². The van der Waals surface area contributed by atoms with E-state index in [1.165, 1.54) is 16.3 Å². The summed E-state index contributed by atoms with van der Waals surface area (Å²) in [5.74, 6) is -0.955. The van der Waals surface area contributed by atoms with E-state index in [-0.39, 0.29) is 29.9 Å². The van der Waals surface area contributed by atoms with Crippen LogP contribution in [0.1, 0.15) is 63.0 Å². The Morgan fingerprint density at radius 3 is 2.38 bits per heavy atom. The number of benzene rings is 1. The highest BCUT2D eigenvalue weighted by Gasteiger charge is 2.46. The molecular formula is C25H35FN2O4SSi. The zero-order valence-electron chi connectivity index (χ0n) is 20.8. The highest BCUT2D eigenvalue weighted by atomic mass is 32.2. The monoisotopic (exact) mass is 506 g/mol. The minimum absolute atomic E-state index is 0.138. The van der Waals surface area contributed by atoms with Gasteiger partial charge in [0.15, 0.2) is 19.9 Å². The molecular weight excluding hydrogens is 471 g/mol. The maximum absolute atomic E-state index is 14.8. The lowest BCUT2D eigenvalue weighted by atomic mass is 10.1. The van der Waals surface area contributed by atoms with Crippen LogP contribution in [0.3, 0.4) is 0 Å². The topological polar surface area (TPSA) is 70.4 Å². The number of halogens is 1. The van der Waals surface area contributed by atoms with Crippen molar-refractivity contribution in [3.63, 3.8) is 0 Å². The third-order valence-electron chi connectivity index (χ3n) is 6.62. The summed E-state index contributed by atoms with van der Waals surface area (Å²) in [6, 6.07) is 8.59. The molecule has 0 N–H and O–H groups in total. The molecule has 0 unspecified atom stereocenters. The molecule has 0 radical (unpaired) electrons. The van der Waals surface area contributed by atoms with E-state index in [4.69, 9.17) is 9.16 Å². The van der Waals surface area contributed by atoms with Gasteiger partial charge in [0, 0.05) is 11.8 Å². The summed E-state index contributed by atoms with van der Waals surface area (Å²) in [6.45, 7) is 14.1. The van der Waals surface area contributed by atoms with Gasteiger partial charge in [0.1, 0.15) is 10.8 Å². The molecule has 2 heterocycles. The average molecular weight is 507 g/mol. The molecule has 2 aromatic rings. The summed E-state index contributed by atoms with van der Waals surface area (Å²) in [4.78, 5) is 29.0. The second kappa shape index (κ2) is 11.3. The molecule has 2 atom stereocenters. The number of rotatable bonds is 10. The number of hydrogen-bond acceptors (Lipinski definition) is 6. The van der Waals surface area contributed by atoms with Gasteiger partial charge in [0.25, 0.3) is 0 Å². The predicted molar refractivity (Wildman–Crippen MR) is 136 cm³/mol. The van der Waals surface area contributed by atoms with Crippen molar-refractivity contribution in [2.45, 2.75) is 75.4 Å². The van der Waals surface area contributed by atoms with Crippen LogP contribution < -0.4 is 5.69 Å². The standard InChI is InChI=1S/C25H35FN2O4SSi/c1-16(2)34(17(3)4,18(5)6)32-15-24-31-14-23(33-24)28-13-20(26)21(27-25(28)30)12-22(29)19-10-8-7-9-11-19/h7-11,13,16-18,23-24H,12,14-15H2,1-6H3/t23-,24-/m0/s1. The lowest BCUT2D eigenvalue weighted by Crippen LogP contribution is -2.48. The maximum atomic E-state index is 14.8. The first-order valence-electron chi connectivity index (χ1n) is 11.8. The summed E-state index contributed by atoms with van der Waals surface area (Å²) < 4.78 is 28.6. The van der Waals surface area contributed by atoms with E-state index < -0.39 is 25.2 Å². The molecule has 34 heavy (non-hydrogen) atoms. The molecule has 1 aromatic carbocycles. The SMILES string of the molecule is CC(C)[Si](OC[C@H]1OC[C@@H](n2cc(F)c(CC(=O)c3ccccc3)nc2=O)S1)(C(C)C)C(C)C. The van der Waals surface area contributed by atoms with E-state index in [0.717, 1.165) is 6.20 Å². The minimum atomic E-state index is -2.03. The molecule has 6 nitrogen and oxygen atoms in total. The van der Waals surface area contributed by atoms with Crippen LogP contribution in [-0.4, -0.2) is 42.3 Å². The normalized spacial score (nSPS) is 18.9. The maximum Gasteiger partial charge on any atom is 0.349 e. The Morgan fingerprint density at radius 2 is 1.79 bits per heavy atom. The number of ether oxygens (including phenoxy) is 1. The van der Waals surface area contributed by atoms with Crippen LogP contribution in [0.25, 0.3) is 0 Å². The summed E-state index contributed by atoms with van der Waals surface area (Å²) in [5.41, 5.74) is 0.877. The second-order valence-corrected chi connectivity index (χ2v) is 16.5. The van der Waals surface area contributed by atoms with E-state index in [2.05, 4.69) is 46.5 Å². The molecule has 9 heteroatoms. The first kappa shape index (κ1) is 26.8. The van der Waals surface area contributed by atoms with E-state index in [1.54, 1.807) is 30.3 Å². The fourth-order valence-electron chi connectivity index (χ4n) is 5.08. The second-order valence-electron chi connectivity index (χ2n) is 9.67. The fraction of sp³-hybridized carbons (Fsp3) is 0.560. The van der Waals surface area contributed by atoms with Gasteiger partial charge in [-0.3, -0.25) is 9.36 Å². The van der Waals surface area contributed by atoms with Crippen molar-refractivity contribution in [3.05, 3.63) is 64.1 Å². The summed E-state index contributed by atoms with van der Waals surface area (Å²) in [6.07, 6.45) is 0.881. The average Bonchev–Trinajstić information content (AvgIpc) is 3.25. The minimum Gasteiger partial charge on any atom is -0.412 e. The lowest BCUT2D eigenvalue weighted by Gasteiger charge is -2.42. The van der Waals surface area contributed by atoms with Crippen molar-refractivity contribution in [3.8, 4) is 0 Å². The van der Waals surface area contributed by atoms with Crippen LogP contribution in [0.4, 0.5) is 4.39 Å². The summed E-state index contributed by atoms with van der Waals surface area (Å²) in [5, 5.41) is -0.393. The third-order valence-corrected chi connectivity index (χ3v) is 14.0. The summed E-state index contributed by atoms with van der Waals surface area (Å²) in [7, 11) is -2.03. The third kappa shape index (κ3) is 5.70. The largest absolute Gasteiger partial charge is 0.412 e. The number of nitrogens with zero attached hydrogens (tertiary/aromatic N) is 2. The smallest absolute Gasteiger partial charge is 0.349 e. The molecule has 1 fully saturated rings. The van der Waals surface area contributed by atoms with E-state index in [0.29, 0.717) is 28.8 Å². The van der Waals surface area contributed by atoms with Crippen molar-refractivity contribution >= 4 is 25.9 Å². The van der Waals surface area contributed by atoms with Crippen LogP contribution in [-0.2, 0) is 15.6 Å². The number of thioether (sulfide) groups is 1. The number of Topliss-reactive ketones (excluding diaryl/α,β-unsaturated/α-hetero) is 1. The molecule has 0 spiro atoms. The van der Waals surface area contributed by atoms with Crippen LogP contribution >= 0.6 is 11.8 Å². The van der Waals surface area contributed by atoms with Crippen molar-refractivity contribution in [1.29, 1.82) is 0 Å². The first-order chi connectivity index (χ1) is 16.1. The number of ketones is 1. The number of carbonyl (C=O) groups excluding carboxylic acids is 1. The molecule has 0 aliphatic carbocycles. The molecule has 1 aliphatic heterocycles. The molecule has 1 aromatic heterocycles. The van der Waals surface area contributed by atoms with Gasteiger partial charge in [-0.15, -0.1) is 11.8 Å². The van der Waals surface area contributed by atoms with Gasteiger partial charge < -0.3 is 9.16 Å². The van der Waals surface area contributed by atoms with Gasteiger partial charge in [-0.1, -0.05) is 71.9 Å². The molecule has 1 aliphatic rings. The zero-order chi connectivity index (χ0) is 25.0. The molecule has 3 rings (SSSR count). The van der Waals surface area contributed by atoms with E-state index in [1.807, 2.05) is 0 Å². The Morgan fingerprint density at radius 1 is 1.18 bits per heavy atom. The first-order valence-corrected chi connectivity index (χ1v) is 14.9. The predicted octanol–water partition coefficient (Wildman–Crippen LogP) is 5.59. The van der Waals surface area contributed by atoms with Gasteiger partial charge in [0.2, 0.25) is 0 Å². The molecule has 186 valence electrons. The highest BCUT2D eigenvalue weighted by molar-refractivity contribution is 8.00. The molecule has 0 amide bonds. The van der Waals surface area contributed by atoms with Crippen molar-refractivity contribution < 1.29 is 18.3 Å². The Bertz CT molecular complexity index is 1020. The van der Waals surface area contributed by atoms with Gasteiger partial charge in [-0.25, -0.2) is 9.18 Å². The Balaban J connectivity index is 1.68. The van der Waals surface area contributed by atoms with Crippen LogP contribution in [0.15, 0.2) is 41.3 Å². The number of hydrogen-bond donors (Lipinski definition) is 0. The van der Waals surface area contributed by atoms with Crippen LogP contribution in [0, 0.1) is 5.82 Å². The highest BCUT2D eigenvalue weighted by Crippen LogP contribution is 2.43. The quantitative estimate of drug-likeness (QED) is 0.309. The number of aromatic nitrogens is 2. The Hall–Kier alpha value is -1.81. The Kier molecular flexibility index (Phi) is 8.89. The van der Waals surface area contributed by atoms with Crippen LogP contribution in [0.2, 0.25) is 16.6 Å². The number of carbonyl (C=O) groups is 1. The van der Waals surface area contributed by atoms with Crippen molar-refractivity contribution in [2.75, 3.05) is 13.2 Å². The Labute approximate surface area is 206 Å². The summed E-state index contributed by atoms with van der Waals surface area (Å²) >= 11 is 1.44. The van der Waals surface area contributed by atoms with Gasteiger partial charge in [-0.2, -0.15) is 4.98 Å². The van der Waals surface area contributed by atoms with Gasteiger partial charge in [0.05, 0.1) is 25.3 Å². The zero-order valence-corrected chi connectivity index (χ0v) is 22.6.